The second-order valence-electron chi connectivity index (χ2n) is 5.97. The van der Waals surface area contributed by atoms with E-state index in [1.165, 1.54) is 12.1 Å². The van der Waals surface area contributed by atoms with Crippen molar-refractivity contribution < 1.29 is 19.2 Å². The van der Waals surface area contributed by atoms with Crippen molar-refractivity contribution in [2.75, 3.05) is 0 Å². The van der Waals surface area contributed by atoms with Gasteiger partial charge in [0.15, 0.2) is 0 Å². The van der Waals surface area contributed by atoms with Gasteiger partial charge in [-0.3, -0.25) is 20.2 Å². The molecule has 128 valence electrons. The molecule has 1 atom stereocenters. The van der Waals surface area contributed by atoms with Crippen molar-refractivity contribution in [3.05, 3.63) is 52.3 Å². The summed E-state index contributed by atoms with van der Waals surface area (Å²) in [6.07, 6.45) is 0.533. The van der Waals surface area contributed by atoms with Crippen molar-refractivity contribution in [1.82, 2.24) is 5.32 Å². The number of carboxylic acids is 1. The van der Waals surface area contributed by atoms with Crippen LogP contribution in [0.25, 0.3) is 11.3 Å². The van der Waals surface area contributed by atoms with Crippen molar-refractivity contribution in [1.29, 1.82) is 0 Å². The van der Waals surface area contributed by atoms with E-state index in [1.807, 2.05) is 13.8 Å². The zero-order valence-electron chi connectivity index (χ0n) is 13.6. The number of benzene rings is 1. The Balaban J connectivity index is 2.02. The third kappa shape index (κ3) is 4.66. The second kappa shape index (κ2) is 7.74. The average Bonchev–Trinajstić information content (AvgIpc) is 2.99. The molecule has 0 aliphatic heterocycles. The maximum absolute atomic E-state index is 11.2. The van der Waals surface area contributed by atoms with Crippen LogP contribution in [-0.4, -0.2) is 22.0 Å². The number of furan rings is 1. The van der Waals surface area contributed by atoms with Crippen molar-refractivity contribution in [3.8, 4) is 11.3 Å². The molecule has 0 saturated heterocycles. The first kappa shape index (κ1) is 17.7. The lowest BCUT2D eigenvalue weighted by molar-refractivity contribution is -0.384. The van der Waals surface area contributed by atoms with E-state index >= 15 is 0 Å². The molecule has 1 aromatic heterocycles. The summed E-state index contributed by atoms with van der Waals surface area (Å²) in [6.45, 7) is 4.24. The zero-order valence-corrected chi connectivity index (χ0v) is 13.6. The molecule has 0 fully saturated rings. The van der Waals surface area contributed by atoms with E-state index in [1.54, 1.807) is 24.3 Å². The first-order valence-corrected chi connectivity index (χ1v) is 7.66. The minimum atomic E-state index is -0.883. The van der Waals surface area contributed by atoms with Gasteiger partial charge in [-0.2, -0.15) is 0 Å². The fourth-order valence-electron chi connectivity index (χ4n) is 2.34. The SMILES string of the molecule is CC(C)C[C@H](NCc1ccc(-c2ccc([N+](=O)[O-])cc2)o1)C(=O)O. The summed E-state index contributed by atoms with van der Waals surface area (Å²) in [5.41, 5.74) is 0.744. The highest BCUT2D eigenvalue weighted by molar-refractivity contribution is 5.73. The minimum absolute atomic E-state index is 0.0187. The van der Waals surface area contributed by atoms with E-state index in [9.17, 15) is 20.0 Å². The van der Waals surface area contributed by atoms with Crippen molar-refractivity contribution >= 4 is 11.7 Å². The third-order valence-electron chi connectivity index (χ3n) is 3.55. The van der Waals surface area contributed by atoms with Crippen LogP contribution in [0.2, 0.25) is 0 Å². The molecule has 1 heterocycles. The van der Waals surface area contributed by atoms with Gasteiger partial charge in [0.05, 0.1) is 11.5 Å². The number of carbonyl (C=O) groups is 1. The lowest BCUT2D eigenvalue weighted by atomic mass is 10.0. The maximum Gasteiger partial charge on any atom is 0.320 e. The molecule has 0 radical (unpaired) electrons. The normalized spacial score (nSPS) is 12.3. The fourth-order valence-corrected chi connectivity index (χ4v) is 2.34. The molecule has 0 spiro atoms. The van der Waals surface area contributed by atoms with Gasteiger partial charge in [0.2, 0.25) is 0 Å². The first-order chi connectivity index (χ1) is 11.4. The summed E-state index contributed by atoms with van der Waals surface area (Å²) in [5.74, 6) is 0.576. The second-order valence-corrected chi connectivity index (χ2v) is 5.97. The van der Waals surface area contributed by atoms with Crippen LogP contribution in [-0.2, 0) is 11.3 Å². The van der Waals surface area contributed by atoms with E-state index in [0.29, 0.717) is 24.5 Å². The molecule has 0 unspecified atom stereocenters. The summed E-state index contributed by atoms with van der Waals surface area (Å²) in [6, 6.07) is 8.96. The number of carboxylic acid groups (broad SMARTS) is 1. The van der Waals surface area contributed by atoms with E-state index < -0.39 is 16.9 Å². The van der Waals surface area contributed by atoms with Crippen molar-refractivity contribution in [3.63, 3.8) is 0 Å². The van der Waals surface area contributed by atoms with Gasteiger partial charge in [0, 0.05) is 17.7 Å². The molecule has 2 rings (SSSR count). The highest BCUT2D eigenvalue weighted by Crippen LogP contribution is 2.24. The minimum Gasteiger partial charge on any atom is -0.480 e. The van der Waals surface area contributed by atoms with Crippen molar-refractivity contribution in [2.24, 2.45) is 5.92 Å². The van der Waals surface area contributed by atoms with Crippen LogP contribution in [0.5, 0.6) is 0 Å². The standard InChI is InChI=1S/C17H20N2O5/c1-11(2)9-15(17(20)21)18-10-14-7-8-16(24-14)12-3-5-13(6-4-12)19(22)23/h3-8,11,15,18H,9-10H2,1-2H3,(H,20,21)/t15-/m0/s1. The number of rotatable bonds is 8. The zero-order chi connectivity index (χ0) is 17.7. The molecule has 2 aromatic rings. The van der Waals surface area contributed by atoms with Gasteiger partial charge in [-0.15, -0.1) is 0 Å². The van der Waals surface area contributed by atoms with Crippen LogP contribution >= 0.6 is 0 Å². The monoisotopic (exact) mass is 332 g/mol. The molecule has 7 heteroatoms. The van der Waals surface area contributed by atoms with Gasteiger partial charge in [-0.05, 0) is 36.6 Å². The van der Waals surface area contributed by atoms with Gasteiger partial charge < -0.3 is 9.52 Å². The summed E-state index contributed by atoms with van der Waals surface area (Å²) >= 11 is 0. The van der Waals surface area contributed by atoms with E-state index in [0.717, 1.165) is 5.56 Å². The van der Waals surface area contributed by atoms with Crippen molar-refractivity contribution in [2.45, 2.75) is 32.9 Å². The smallest absolute Gasteiger partial charge is 0.320 e. The van der Waals surface area contributed by atoms with Crippen LogP contribution in [0.1, 0.15) is 26.0 Å². The largest absolute Gasteiger partial charge is 0.480 e. The third-order valence-corrected chi connectivity index (χ3v) is 3.55. The Morgan fingerprint density at radius 1 is 1.25 bits per heavy atom. The Bertz CT molecular complexity index is 706. The van der Waals surface area contributed by atoms with E-state index in [-0.39, 0.29) is 11.6 Å². The molecule has 24 heavy (non-hydrogen) atoms. The number of nitrogens with one attached hydrogen (secondary N) is 1. The van der Waals surface area contributed by atoms with Gasteiger partial charge >= 0.3 is 5.97 Å². The highest BCUT2D eigenvalue weighted by atomic mass is 16.6. The van der Waals surface area contributed by atoms with Crippen LogP contribution in [0.4, 0.5) is 5.69 Å². The summed E-state index contributed by atoms with van der Waals surface area (Å²) in [5, 5.41) is 22.8. The van der Waals surface area contributed by atoms with Crippen LogP contribution < -0.4 is 5.32 Å². The Kier molecular flexibility index (Phi) is 5.70. The topological polar surface area (TPSA) is 106 Å². The molecule has 0 saturated carbocycles. The van der Waals surface area contributed by atoms with Crippen LogP contribution in [0, 0.1) is 16.0 Å². The number of nitro groups is 1. The molecule has 0 aliphatic carbocycles. The molecular weight excluding hydrogens is 312 g/mol. The number of aliphatic carboxylic acids is 1. The molecule has 2 N–H and O–H groups in total. The van der Waals surface area contributed by atoms with Crippen LogP contribution in [0.15, 0.2) is 40.8 Å². The maximum atomic E-state index is 11.2. The number of hydrogen-bond acceptors (Lipinski definition) is 5. The van der Waals surface area contributed by atoms with E-state index in [4.69, 9.17) is 4.42 Å². The Labute approximate surface area is 139 Å². The first-order valence-electron chi connectivity index (χ1n) is 7.66. The molecule has 0 bridgehead atoms. The van der Waals surface area contributed by atoms with Crippen LogP contribution in [0.3, 0.4) is 0 Å². The lowest BCUT2D eigenvalue weighted by Crippen LogP contribution is -2.37. The Morgan fingerprint density at radius 3 is 2.46 bits per heavy atom. The number of nitro benzene ring substituents is 1. The predicted molar refractivity (Wildman–Crippen MR) is 88.5 cm³/mol. The summed E-state index contributed by atoms with van der Waals surface area (Å²) < 4.78 is 5.68. The Hall–Kier alpha value is -2.67. The number of nitrogens with zero attached hydrogens (tertiary/aromatic N) is 1. The molecule has 1 aromatic carbocycles. The predicted octanol–water partition coefficient (Wildman–Crippen LogP) is 3.44. The molecule has 7 nitrogen and oxygen atoms in total. The quantitative estimate of drug-likeness (QED) is 0.566. The van der Waals surface area contributed by atoms with E-state index in [2.05, 4.69) is 5.32 Å². The number of hydrogen-bond donors (Lipinski definition) is 2. The van der Waals surface area contributed by atoms with Gasteiger partial charge in [-0.25, -0.2) is 0 Å². The molecular formula is C17H20N2O5. The highest BCUT2D eigenvalue weighted by Gasteiger charge is 2.18. The summed E-state index contributed by atoms with van der Waals surface area (Å²) in [7, 11) is 0. The lowest BCUT2D eigenvalue weighted by Gasteiger charge is -2.15. The number of non-ortho nitro benzene ring substituents is 1. The fraction of sp³-hybridized carbons (Fsp3) is 0.353. The summed E-state index contributed by atoms with van der Waals surface area (Å²) in [4.78, 5) is 21.4. The van der Waals surface area contributed by atoms with Gasteiger partial charge in [-0.1, -0.05) is 13.8 Å². The Morgan fingerprint density at radius 2 is 1.92 bits per heavy atom. The molecule has 0 aliphatic rings. The van der Waals surface area contributed by atoms with Gasteiger partial charge in [0.25, 0.3) is 5.69 Å². The molecule has 0 amide bonds. The van der Waals surface area contributed by atoms with Gasteiger partial charge in [0.1, 0.15) is 17.6 Å². The average molecular weight is 332 g/mol.